The highest BCUT2D eigenvalue weighted by Gasteiger charge is 2.27. The molecule has 0 amide bonds. The van der Waals surface area contributed by atoms with Crippen molar-refractivity contribution in [2.45, 2.75) is 45.4 Å². The zero-order chi connectivity index (χ0) is 24.1. The molecule has 1 aliphatic rings. The smallest absolute Gasteiger partial charge is 0.222 e. The molecule has 4 rings (SSSR count). The van der Waals surface area contributed by atoms with Gasteiger partial charge in [0.25, 0.3) is 0 Å². The number of para-hydroxylation sites is 1. The van der Waals surface area contributed by atoms with Gasteiger partial charge in [-0.1, -0.05) is 67.9 Å². The Labute approximate surface area is 207 Å². The Balaban J connectivity index is 1.72. The number of aromatic nitrogens is 2. The van der Waals surface area contributed by atoms with Gasteiger partial charge in [-0.3, -0.25) is 4.90 Å². The summed E-state index contributed by atoms with van der Waals surface area (Å²) in [6.45, 7) is 6.75. The summed E-state index contributed by atoms with van der Waals surface area (Å²) < 4.78 is 14.0. The van der Waals surface area contributed by atoms with Crippen LogP contribution in [0.4, 0.5) is 0 Å². The third-order valence-electron chi connectivity index (χ3n) is 6.26. The molecule has 7 heteroatoms. The molecule has 0 radical (unpaired) electrons. The lowest BCUT2D eigenvalue weighted by Gasteiger charge is -2.29. The molecule has 0 saturated carbocycles. The Morgan fingerprint density at radius 3 is 2.59 bits per heavy atom. The monoisotopic (exact) mass is 483 g/mol. The predicted molar refractivity (Wildman–Crippen MR) is 135 cm³/mol. The Morgan fingerprint density at radius 2 is 1.91 bits per heavy atom. The van der Waals surface area contributed by atoms with Crippen LogP contribution in [0.25, 0.3) is 11.3 Å². The second-order valence-corrected chi connectivity index (χ2v) is 9.70. The molecule has 2 heterocycles. The van der Waals surface area contributed by atoms with Crippen LogP contribution in [0.15, 0.2) is 54.6 Å². The van der Waals surface area contributed by atoms with Gasteiger partial charge >= 0.3 is 0 Å². The van der Waals surface area contributed by atoms with E-state index in [-0.39, 0.29) is 12.0 Å². The molecule has 0 bridgehead atoms. The number of aliphatic hydroxyl groups excluding tert-OH is 1. The van der Waals surface area contributed by atoms with Gasteiger partial charge in [0.2, 0.25) is 5.88 Å². The number of nitrogens with zero attached hydrogens (tertiary/aromatic N) is 3. The number of rotatable bonds is 10. The summed E-state index contributed by atoms with van der Waals surface area (Å²) >= 11 is 6.41. The molecular formula is C27H34ClN3O3. The van der Waals surface area contributed by atoms with Gasteiger partial charge in [0.05, 0.1) is 22.8 Å². The standard InChI is InChI=1S/C27H34ClN3O3/c1-19(2)24(32)18-31(16-21-12-9-15-33-21)17-22-26(20-10-5-4-6-11-20)29-30(3)27(22)34-25-14-8-7-13-23(25)28/h4-8,10-11,13-14,19,21,24,32H,9,12,15-18H2,1-3H3. The summed E-state index contributed by atoms with van der Waals surface area (Å²) in [5.41, 5.74) is 2.84. The first-order chi connectivity index (χ1) is 16.4. The Morgan fingerprint density at radius 1 is 1.18 bits per heavy atom. The van der Waals surface area contributed by atoms with E-state index in [2.05, 4.69) is 17.0 Å². The third-order valence-corrected chi connectivity index (χ3v) is 6.57. The summed E-state index contributed by atoms with van der Waals surface area (Å²) in [5, 5.41) is 16.1. The largest absolute Gasteiger partial charge is 0.437 e. The van der Waals surface area contributed by atoms with E-state index in [4.69, 9.17) is 26.2 Å². The fraction of sp³-hybridized carbons (Fsp3) is 0.444. The zero-order valence-corrected chi connectivity index (χ0v) is 20.9. The second kappa shape index (κ2) is 11.4. The molecule has 1 N–H and O–H groups in total. The van der Waals surface area contributed by atoms with Crippen LogP contribution in [-0.2, 0) is 18.3 Å². The Kier molecular flexibility index (Phi) is 8.27. The predicted octanol–water partition coefficient (Wildman–Crippen LogP) is 5.53. The van der Waals surface area contributed by atoms with Crippen LogP contribution >= 0.6 is 11.6 Å². The van der Waals surface area contributed by atoms with Crippen LogP contribution in [0.3, 0.4) is 0 Å². The highest BCUT2D eigenvalue weighted by molar-refractivity contribution is 6.32. The first kappa shape index (κ1) is 24.7. The van der Waals surface area contributed by atoms with Crippen LogP contribution in [0.5, 0.6) is 11.6 Å². The van der Waals surface area contributed by atoms with E-state index in [1.54, 1.807) is 4.68 Å². The van der Waals surface area contributed by atoms with Gasteiger partial charge in [-0.2, -0.15) is 5.10 Å². The first-order valence-corrected chi connectivity index (χ1v) is 12.4. The summed E-state index contributed by atoms with van der Waals surface area (Å²) in [7, 11) is 1.88. The average Bonchev–Trinajstić information content (AvgIpc) is 3.44. The number of ether oxygens (including phenoxy) is 2. The molecule has 3 aromatic rings. The molecule has 1 fully saturated rings. The minimum Gasteiger partial charge on any atom is -0.437 e. The van der Waals surface area contributed by atoms with Crippen LogP contribution in [0, 0.1) is 5.92 Å². The van der Waals surface area contributed by atoms with Crippen molar-refractivity contribution in [2.75, 3.05) is 19.7 Å². The van der Waals surface area contributed by atoms with Gasteiger partial charge in [0.1, 0.15) is 11.4 Å². The van der Waals surface area contributed by atoms with E-state index < -0.39 is 6.10 Å². The fourth-order valence-electron chi connectivity index (χ4n) is 4.26. The molecule has 1 aromatic heterocycles. The molecule has 0 spiro atoms. The van der Waals surface area contributed by atoms with E-state index in [1.165, 1.54) is 0 Å². The van der Waals surface area contributed by atoms with Crippen molar-refractivity contribution in [1.82, 2.24) is 14.7 Å². The number of aliphatic hydroxyl groups is 1. The molecular weight excluding hydrogens is 450 g/mol. The van der Waals surface area contributed by atoms with E-state index in [0.29, 0.717) is 29.7 Å². The van der Waals surface area contributed by atoms with E-state index >= 15 is 0 Å². The van der Waals surface area contributed by atoms with Crippen molar-refractivity contribution in [3.05, 3.63) is 65.2 Å². The molecule has 1 saturated heterocycles. The molecule has 6 nitrogen and oxygen atoms in total. The third kappa shape index (κ3) is 5.99. The van der Waals surface area contributed by atoms with Crippen molar-refractivity contribution in [2.24, 2.45) is 13.0 Å². The minimum absolute atomic E-state index is 0.160. The number of hydrogen-bond donors (Lipinski definition) is 1. The van der Waals surface area contributed by atoms with Crippen LogP contribution in [-0.4, -0.2) is 51.7 Å². The van der Waals surface area contributed by atoms with E-state index in [9.17, 15) is 5.11 Å². The van der Waals surface area contributed by atoms with Crippen molar-refractivity contribution >= 4 is 11.6 Å². The fourth-order valence-corrected chi connectivity index (χ4v) is 4.44. The Hall–Kier alpha value is -2.38. The van der Waals surface area contributed by atoms with Crippen molar-refractivity contribution in [3.63, 3.8) is 0 Å². The molecule has 0 aliphatic carbocycles. The quantitative estimate of drug-likeness (QED) is 0.411. The molecule has 2 atom stereocenters. The van der Waals surface area contributed by atoms with Crippen molar-refractivity contribution in [1.29, 1.82) is 0 Å². The maximum absolute atomic E-state index is 10.7. The van der Waals surface area contributed by atoms with Crippen molar-refractivity contribution in [3.8, 4) is 22.9 Å². The molecule has 182 valence electrons. The summed E-state index contributed by atoms with van der Waals surface area (Å²) in [5.74, 6) is 1.39. The maximum atomic E-state index is 10.7. The number of benzene rings is 2. The molecule has 2 aromatic carbocycles. The lowest BCUT2D eigenvalue weighted by Crippen LogP contribution is -2.39. The van der Waals surface area contributed by atoms with Crippen molar-refractivity contribution < 1.29 is 14.6 Å². The first-order valence-electron chi connectivity index (χ1n) is 12.0. The van der Waals surface area contributed by atoms with Crippen LogP contribution in [0.2, 0.25) is 5.02 Å². The lowest BCUT2D eigenvalue weighted by atomic mass is 10.0. The number of halogens is 1. The van der Waals surface area contributed by atoms with Gasteiger partial charge in [0.15, 0.2) is 0 Å². The number of aryl methyl sites for hydroxylation is 1. The van der Waals surface area contributed by atoms with E-state index in [1.807, 2.05) is 63.4 Å². The number of hydrogen-bond acceptors (Lipinski definition) is 5. The minimum atomic E-state index is -0.439. The Bertz CT molecular complexity index is 1060. The van der Waals surface area contributed by atoms with Gasteiger partial charge in [-0.25, -0.2) is 4.68 Å². The van der Waals surface area contributed by atoms with Gasteiger partial charge in [-0.05, 0) is 30.9 Å². The van der Waals surface area contributed by atoms with Crippen LogP contribution < -0.4 is 4.74 Å². The SMILES string of the molecule is CC(C)C(O)CN(Cc1c(-c2ccccc2)nn(C)c1Oc1ccccc1Cl)CC1CCCO1. The summed E-state index contributed by atoms with van der Waals surface area (Å²) in [6.07, 6.45) is 1.85. The van der Waals surface area contributed by atoms with Gasteiger partial charge in [0, 0.05) is 38.9 Å². The average molecular weight is 484 g/mol. The summed E-state index contributed by atoms with van der Waals surface area (Å²) in [4.78, 5) is 2.27. The normalized spacial score (nSPS) is 17.0. The topological polar surface area (TPSA) is 59.8 Å². The zero-order valence-electron chi connectivity index (χ0n) is 20.2. The highest BCUT2D eigenvalue weighted by atomic mass is 35.5. The molecule has 34 heavy (non-hydrogen) atoms. The maximum Gasteiger partial charge on any atom is 0.222 e. The highest BCUT2D eigenvalue weighted by Crippen LogP contribution is 2.36. The second-order valence-electron chi connectivity index (χ2n) is 9.29. The molecule has 1 aliphatic heterocycles. The molecule has 2 unspecified atom stereocenters. The van der Waals surface area contributed by atoms with Gasteiger partial charge in [-0.15, -0.1) is 0 Å². The van der Waals surface area contributed by atoms with Crippen LogP contribution in [0.1, 0.15) is 32.3 Å². The van der Waals surface area contributed by atoms with E-state index in [0.717, 1.165) is 42.8 Å². The van der Waals surface area contributed by atoms with Gasteiger partial charge < -0.3 is 14.6 Å². The summed E-state index contributed by atoms with van der Waals surface area (Å²) in [6, 6.07) is 17.6. The lowest BCUT2D eigenvalue weighted by molar-refractivity contribution is 0.0328.